The number of nitrogens with two attached hydrogens (primary N) is 1. The SMILES string of the molecule is CCCCCCCC/C=C\CCCCCCCC(=O)OC(COC(=O)CCCCCCCCCCCCCCCCC)COP(=O)(O)OCCN. The molecule has 0 aromatic carbocycles. The summed E-state index contributed by atoms with van der Waals surface area (Å²) in [5.74, 6) is -0.829. The third-order valence-electron chi connectivity index (χ3n) is 9.15. The van der Waals surface area contributed by atoms with Gasteiger partial charge >= 0.3 is 19.8 Å². The second-order valence-corrected chi connectivity index (χ2v) is 15.7. The van der Waals surface area contributed by atoms with Gasteiger partial charge in [-0.1, -0.05) is 167 Å². The number of esters is 2. The highest BCUT2D eigenvalue weighted by Crippen LogP contribution is 2.43. The molecule has 0 saturated heterocycles. The Bertz CT molecular complexity index is 856. The highest BCUT2D eigenvalue weighted by molar-refractivity contribution is 7.47. The summed E-state index contributed by atoms with van der Waals surface area (Å²) in [4.78, 5) is 34.8. The molecule has 0 aliphatic carbocycles. The fraction of sp³-hybridized carbons (Fsp3) is 0.902. The van der Waals surface area contributed by atoms with Crippen LogP contribution in [0.3, 0.4) is 0 Å². The normalized spacial score (nSPS) is 13.4. The van der Waals surface area contributed by atoms with Crippen molar-refractivity contribution in [3.05, 3.63) is 12.2 Å². The van der Waals surface area contributed by atoms with Gasteiger partial charge in [0.1, 0.15) is 6.61 Å². The van der Waals surface area contributed by atoms with Crippen molar-refractivity contribution < 1.29 is 37.6 Å². The van der Waals surface area contributed by atoms with E-state index in [9.17, 15) is 19.0 Å². The van der Waals surface area contributed by atoms with Crippen LogP contribution in [0.2, 0.25) is 0 Å². The van der Waals surface area contributed by atoms with E-state index in [2.05, 4.69) is 26.0 Å². The Labute approximate surface area is 313 Å². The number of unbranched alkanes of at least 4 members (excludes halogenated alkanes) is 25. The first-order valence-corrected chi connectivity index (χ1v) is 22.7. The Morgan fingerprint density at radius 3 is 1.39 bits per heavy atom. The van der Waals surface area contributed by atoms with Crippen molar-refractivity contribution in [1.29, 1.82) is 0 Å². The van der Waals surface area contributed by atoms with Crippen LogP contribution < -0.4 is 5.73 Å². The molecule has 10 heteroatoms. The lowest BCUT2D eigenvalue weighted by molar-refractivity contribution is -0.161. The molecule has 0 radical (unpaired) electrons. The van der Waals surface area contributed by atoms with E-state index in [1.165, 1.54) is 122 Å². The lowest BCUT2D eigenvalue weighted by Gasteiger charge is -2.19. The van der Waals surface area contributed by atoms with Gasteiger partial charge in [-0.2, -0.15) is 0 Å². The van der Waals surface area contributed by atoms with Crippen LogP contribution in [0.25, 0.3) is 0 Å². The highest BCUT2D eigenvalue weighted by Gasteiger charge is 2.26. The molecule has 9 nitrogen and oxygen atoms in total. The molecule has 0 rings (SSSR count). The first kappa shape index (κ1) is 49.8. The van der Waals surface area contributed by atoms with E-state index in [0.717, 1.165) is 51.4 Å². The number of phosphoric acid groups is 1. The Balaban J connectivity index is 4.15. The summed E-state index contributed by atoms with van der Waals surface area (Å²) in [7, 11) is -4.37. The van der Waals surface area contributed by atoms with Crippen molar-refractivity contribution in [2.45, 2.75) is 213 Å². The molecule has 3 N–H and O–H groups in total. The standard InChI is InChI=1S/C41H80NO8P/c1-3-5-7-9-11-13-15-17-19-21-23-25-27-29-31-33-40(43)47-37-39(38-49-51(45,46)48-36-35-42)50-41(44)34-32-30-28-26-24-22-20-18-16-14-12-10-8-6-4-2/h18,20,39H,3-17,19,21-38,42H2,1-2H3,(H,45,46)/b20-18-. The van der Waals surface area contributed by atoms with Gasteiger partial charge in [-0.3, -0.25) is 18.6 Å². The number of ether oxygens (including phenoxy) is 2. The number of carbonyl (C=O) groups excluding carboxylic acids is 2. The molecule has 0 aliphatic rings. The van der Waals surface area contributed by atoms with Gasteiger partial charge in [0.05, 0.1) is 13.2 Å². The first-order chi connectivity index (χ1) is 24.8. The Morgan fingerprint density at radius 1 is 0.569 bits per heavy atom. The molecular weight excluding hydrogens is 665 g/mol. The maximum atomic E-state index is 12.6. The first-order valence-electron chi connectivity index (χ1n) is 21.2. The summed E-state index contributed by atoms with van der Waals surface area (Å²) in [5.41, 5.74) is 5.34. The maximum Gasteiger partial charge on any atom is 0.472 e. The van der Waals surface area contributed by atoms with E-state index in [1.807, 2.05) is 0 Å². The van der Waals surface area contributed by atoms with Crippen LogP contribution in [0.5, 0.6) is 0 Å². The van der Waals surface area contributed by atoms with Gasteiger partial charge in [0.2, 0.25) is 0 Å². The predicted octanol–water partition coefficient (Wildman–Crippen LogP) is 11.8. The molecule has 2 atom stereocenters. The average Bonchev–Trinajstić information content (AvgIpc) is 3.11. The van der Waals surface area contributed by atoms with Crippen LogP contribution in [0.4, 0.5) is 0 Å². The lowest BCUT2D eigenvalue weighted by Crippen LogP contribution is -2.29. The summed E-state index contributed by atoms with van der Waals surface area (Å²) >= 11 is 0. The molecule has 0 amide bonds. The fourth-order valence-corrected chi connectivity index (χ4v) is 6.75. The van der Waals surface area contributed by atoms with E-state index in [4.69, 9.17) is 24.3 Å². The van der Waals surface area contributed by atoms with Crippen LogP contribution in [-0.4, -0.2) is 49.3 Å². The third kappa shape index (κ3) is 38.3. The lowest BCUT2D eigenvalue weighted by atomic mass is 10.0. The Kier molecular flexibility index (Phi) is 37.5. The summed E-state index contributed by atoms with van der Waals surface area (Å²) < 4.78 is 32.7. The molecule has 302 valence electrons. The molecular formula is C41H80NO8P. The van der Waals surface area contributed by atoms with Gasteiger partial charge in [0.25, 0.3) is 0 Å². The van der Waals surface area contributed by atoms with E-state index in [1.54, 1.807) is 0 Å². The van der Waals surface area contributed by atoms with Crippen LogP contribution in [0, 0.1) is 0 Å². The van der Waals surface area contributed by atoms with Crippen molar-refractivity contribution in [2.24, 2.45) is 5.73 Å². The van der Waals surface area contributed by atoms with Crippen molar-refractivity contribution in [1.82, 2.24) is 0 Å². The largest absolute Gasteiger partial charge is 0.472 e. The molecule has 0 aromatic heterocycles. The smallest absolute Gasteiger partial charge is 0.462 e. The zero-order chi connectivity index (χ0) is 37.5. The zero-order valence-corrected chi connectivity index (χ0v) is 34.0. The summed E-state index contributed by atoms with van der Waals surface area (Å²) in [6.07, 6.45) is 38.1. The maximum absolute atomic E-state index is 12.6. The van der Waals surface area contributed by atoms with Gasteiger partial charge in [0, 0.05) is 19.4 Å². The molecule has 2 unspecified atom stereocenters. The van der Waals surface area contributed by atoms with Crippen molar-refractivity contribution in [3.63, 3.8) is 0 Å². The van der Waals surface area contributed by atoms with E-state index < -0.39 is 26.5 Å². The molecule has 0 saturated carbocycles. The Hall–Kier alpha value is -1.25. The number of phosphoric ester groups is 1. The molecule has 0 fully saturated rings. The van der Waals surface area contributed by atoms with Crippen molar-refractivity contribution in [2.75, 3.05) is 26.4 Å². The molecule has 0 heterocycles. The highest BCUT2D eigenvalue weighted by atomic mass is 31.2. The Morgan fingerprint density at radius 2 is 0.961 bits per heavy atom. The predicted molar refractivity (Wildman–Crippen MR) is 211 cm³/mol. The van der Waals surface area contributed by atoms with Crippen LogP contribution >= 0.6 is 7.82 Å². The molecule has 0 spiro atoms. The average molecular weight is 746 g/mol. The minimum atomic E-state index is -4.37. The van der Waals surface area contributed by atoms with Crippen molar-refractivity contribution >= 4 is 19.8 Å². The fourth-order valence-electron chi connectivity index (χ4n) is 5.98. The van der Waals surface area contributed by atoms with Crippen molar-refractivity contribution in [3.8, 4) is 0 Å². The molecule has 51 heavy (non-hydrogen) atoms. The zero-order valence-electron chi connectivity index (χ0n) is 33.1. The van der Waals surface area contributed by atoms with Gasteiger partial charge < -0.3 is 20.1 Å². The number of carbonyl (C=O) groups is 2. The monoisotopic (exact) mass is 746 g/mol. The van der Waals surface area contributed by atoms with E-state index >= 15 is 0 Å². The second kappa shape index (κ2) is 38.5. The van der Waals surface area contributed by atoms with Crippen LogP contribution in [0.1, 0.15) is 206 Å². The molecule has 0 aliphatic heterocycles. The van der Waals surface area contributed by atoms with E-state index in [-0.39, 0.29) is 38.6 Å². The third-order valence-corrected chi connectivity index (χ3v) is 10.1. The van der Waals surface area contributed by atoms with Gasteiger partial charge in [0.15, 0.2) is 6.10 Å². The number of rotatable bonds is 40. The van der Waals surface area contributed by atoms with E-state index in [0.29, 0.717) is 6.42 Å². The minimum absolute atomic E-state index is 0.0548. The quantitative estimate of drug-likeness (QED) is 0.0272. The molecule has 0 aromatic rings. The van der Waals surface area contributed by atoms with Crippen LogP contribution in [-0.2, 0) is 32.7 Å². The van der Waals surface area contributed by atoms with Gasteiger partial charge in [-0.15, -0.1) is 0 Å². The number of hydrogen-bond donors (Lipinski definition) is 2. The summed E-state index contributed by atoms with van der Waals surface area (Å²) in [6.45, 7) is 3.74. The van der Waals surface area contributed by atoms with Gasteiger partial charge in [-0.05, 0) is 38.5 Å². The second-order valence-electron chi connectivity index (χ2n) is 14.2. The van der Waals surface area contributed by atoms with Gasteiger partial charge in [-0.25, -0.2) is 4.57 Å². The van der Waals surface area contributed by atoms with Crippen LogP contribution in [0.15, 0.2) is 12.2 Å². The number of allylic oxidation sites excluding steroid dienone is 2. The molecule has 0 bridgehead atoms. The topological polar surface area (TPSA) is 134 Å². The minimum Gasteiger partial charge on any atom is -0.462 e. The number of hydrogen-bond acceptors (Lipinski definition) is 8. The summed E-state index contributed by atoms with van der Waals surface area (Å²) in [6, 6.07) is 0. The summed E-state index contributed by atoms with van der Waals surface area (Å²) in [5, 5.41) is 0.